The molecule has 2 heterocycles. The van der Waals surface area contributed by atoms with E-state index in [0.29, 0.717) is 11.6 Å². The molecule has 22 heavy (non-hydrogen) atoms. The minimum Gasteiger partial charge on any atom is -0.439 e. The van der Waals surface area contributed by atoms with E-state index < -0.39 is 0 Å². The first kappa shape index (κ1) is 14.2. The second-order valence-electron chi connectivity index (χ2n) is 5.90. The summed E-state index contributed by atoms with van der Waals surface area (Å²) in [7, 11) is 0. The molecule has 3 rings (SSSR count). The van der Waals surface area contributed by atoms with Crippen LogP contribution in [0.25, 0.3) is 5.69 Å². The van der Waals surface area contributed by atoms with Crippen molar-refractivity contribution < 1.29 is 4.74 Å². The van der Waals surface area contributed by atoms with Crippen LogP contribution in [0.2, 0.25) is 0 Å². The lowest BCUT2D eigenvalue weighted by Crippen LogP contribution is -2.15. The number of benzene rings is 1. The van der Waals surface area contributed by atoms with Crippen LogP contribution in [0.15, 0.2) is 49.2 Å². The van der Waals surface area contributed by atoms with Gasteiger partial charge in [0.2, 0.25) is 5.88 Å². The maximum Gasteiger partial charge on any atom is 0.222 e. The highest BCUT2D eigenvalue weighted by atomic mass is 16.5. The Bertz CT molecular complexity index is 745. The van der Waals surface area contributed by atoms with Crippen molar-refractivity contribution in [1.29, 1.82) is 0 Å². The summed E-state index contributed by atoms with van der Waals surface area (Å²) in [5, 5.41) is 4.08. The van der Waals surface area contributed by atoms with E-state index in [1.807, 2.05) is 24.3 Å². The molecule has 6 nitrogen and oxygen atoms in total. The number of ether oxygens (including phenoxy) is 1. The highest BCUT2D eigenvalue weighted by molar-refractivity contribution is 5.37. The van der Waals surface area contributed by atoms with Crippen molar-refractivity contribution >= 4 is 0 Å². The minimum absolute atomic E-state index is 0.115. The molecular weight excluding hydrogens is 278 g/mol. The molecule has 3 aromatic rings. The van der Waals surface area contributed by atoms with Gasteiger partial charge in [-0.1, -0.05) is 20.8 Å². The van der Waals surface area contributed by atoms with Gasteiger partial charge >= 0.3 is 0 Å². The van der Waals surface area contributed by atoms with Gasteiger partial charge in [0.1, 0.15) is 24.2 Å². The molecule has 6 heteroatoms. The second-order valence-corrected chi connectivity index (χ2v) is 5.90. The molecule has 0 aliphatic carbocycles. The fourth-order valence-electron chi connectivity index (χ4n) is 1.89. The average Bonchev–Trinajstić information content (AvgIpc) is 3.02. The third-order valence-electron chi connectivity index (χ3n) is 3.04. The van der Waals surface area contributed by atoms with E-state index in [1.54, 1.807) is 23.3 Å². The molecule has 0 atom stereocenters. The summed E-state index contributed by atoms with van der Waals surface area (Å²) in [4.78, 5) is 12.7. The molecule has 0 amide bonds. The number of rotatable bonds is 3. The lowest BCUT2D eigenvalue weighted by Gasteiger charge is -2.16. The van der Waals surface area contributed by atoms with Crippen molar-refractivity contribution in [3.8, 4) is 17.3 Å². The fourth-order valence-corrected chi connectivity index (χ4v) is 1.89. The van der Waals surface area contributed by atoms with Gasteiger partial charge in [-0.2, -0.15) is 10.1 Å². The van der Waals surface area contributed by atoms with Gasteiger partial charge in [-0.3, -0.25) is 0 Å². The molecule has 0 aliphatic rings. The third-order valence-corrected chi connectivity index (χ3v) is 3.04. The van der Waals surface area contributed by atoms with E-state index in [1.165, 1.54) is 6.33 Å². The third kappa shape index (κ3) is 3.11. The van der Waals surface area contributed by atoms with E-state index in [0.717, 1.165) is 11.5 Å². The van der Waals surface area contributed by atoms with Gasteiger partial charge < -0.3 is 4.74 Å². The van der Waals surface area contributed by atoms with E-state index >= 15 is 0 Å². The standard InChI is InChI=1S/C16H17N5O/c1-16(2,3)15-18-9-8-14(20-15)22-13-6-4-12(5-7-13)21-11-17-10-19-21/h4-11H,1-3H3. The van der Waals surface area contributed by atoms with Gasteiger partial charge in [-0.25, -0.2) is 14.6 Å². The number of hydrogen-bond acceptors (Lipinski definition) is 5. The van der Waals surface area contributed by atoms with E-state index in [2.05, 4.69) is 40.8 Å². The van der Waals surface area contributed by atoms with Crippen LogP contribution >= 0.6 is 0 Å². The molecule has 0 N–H and O–H groups in total. The summed E-state index contributed by atoms with van der Waals surface area (Å²) >= 11 is 0. The lowest BCUT2D eigenvalue weighted by molar-refractivity contribution is 0.445. The summed E-state index contributed by atoms with van der Waals surface area (Å²) in [6, 6.07) is 9.32. The van der Waals surface area contributed by atoms with E-state index in [4.69, 9.17) is 4.74 Å². The maximum absolute atomic E-state index is 5.79. The minimum atomic E-state index is -0.115. The first-order valence-electron chi connectivity index (χ1n) is 6.99. The van der Waals surface area contributed by atoms with Crippen LogP contribution < -0.4 is 4.74 Å². The summed E-state index contributed by atoms with van der Waals surface area (Å²) < 4.78 is 7.48. The predicted octanol–water partition coefficient (Wildman–Crippen LogP) is 3.15. The Morgan fingerprint density at radius 2 is 1.82 bits per heavy atom. The molecule has 0 aliphatic heterocycles. The summed E-state index contributed by atoms with van der Waals surface area (Å²) in [6.07, 6.45) is 4.86. The summed E-state index contributed by atoms with van der Waals surface area (Å²) in [5.41, 5.74) is 0.805. The van der Waals surface area contributed by atoms with Crippen LogP contribution in [0.5, 0.6) is 11.6 Å². The number of nitrogens with zero attached hydrogens (tertiary/aromatic N) is 5. The zero-order chi connectivity index (χ0) is 15.6. The Balaban J connectivity index is 1.79. The van der Waals surface area contributed by atoms with E-state index in [9.17, 15) is 0 Å². The largest absolute Gasteiger partial charge is 0.439 e. The molecule has 112 valence electrons. The second kappa shape index (κ2) is 5.55. The SMILES string of the molecule is CC(C)(C)c1nccc(Oc2ccc(-n3cncn3)cc2)n1. The molecule has 0 bridgehead atoms. The Morgan fingerprint density at radius 3 is 2.45 bits per heavy atom. The Hall–Kier alpha value is -2.76. The Kier molecular flexibility index (Phi) is 3.58. The van der Waals surface area contributed by atoms with Crippen molar-refractivity contribution in [2.24, 2.45) is 0 Å². The predicted molar refractivity (Wildman–Crippen MR) is 82.2 cm³/mol. The topological polar surface area (TPSA) is 65.7 Å². The zero-order valence-electron chi connectivity index (χ0n) is 12.8. The van der Waals surface area contributed by atoms with E-state index in [-0.39, 0.29) is 5.41 Å². The van der Waals surface area contributed by atoms with Crippen molar-refractivity contribution in [3.05, 3.63) is 55.0 Å². The maximum atomic E-state index is 5.79. The normalized spacial score (nSPS) is 11.4. The van der Waals surface area contributed by atoms with Crippen molar-refractivity contribution in [3.63, 3.8) is 0 Å². The molecule has 1 aromatic carbocycles. The van der Waals surface area contributed by atoms with Gasteiger partial charge in [0.05, 0.1) is 5.69 Å². The molecule has 0 fully saturated rings. The smallest absolute Gasteiger partial charge is 0.222 e. The van der Waals surface area contributed by atoms with Crippen molar-refractivity contribution in [2.75, 3.05) is 0 Å². The quantitative estimate of drug-likeness (QED) is 0.742. The molecule has 0 spiro atoms. The average molecular weight is 295 g/mol. The van der Waals surface area contributed by atoms with Crippen LogP contribution in [0.1, 0.15) is 26.6 Å². The molecule has 0 saturated heterocycles. The van der Waals surface area contributed by atoms with Gasteiger partial charge in [-0.15, -0.1) is 0 Å². The van der Waals surface area contributed by atoms with Crippen LogP contribution in [0.4, 0.5) is 0 Å². The van der Waals surface area contributed by atoms with Gasteiger partial charge in [-0.05, 0) is 24.3 Å². The number of aromatic nitrogens is 5. The van der Waals surface area contributed by atoms with Gasteiger partial charge in [0.25, 0.3) is 0 Å². The lowest BCUT2D eigenvalue weighted by atomic mass is 9.96. The van der Waals surface area contributed by atoms with Crippen LogP contribution in [-0.4, -0.2) is 24.7 Å². The molecule has 0 unspecified atom stereocenters. The van der Waals surface area contributed by atoms with Crippen molar-refractivity contribution in [1.82, 2.24) is 24.7 Å². The van der Waals surface area contributed by atoms with Gasteiger partial charge in [0.15, 0.2) is 0 Å². The zero-order valence-corrected chi connectivity index (χ0v) is 12.8. The Morgan fingerprint density at radius 1 is 1.05 bits per heavy atom. The first-order chi connectivity index (χ1) is 10.5. The molecule has 0 radical (unpaired) electrons. The summed E-state index contributed by atoms with van der Waals surface area (Å²) in [5.74, 6) is 2.00. The van der Waals surface area contributed by atoms with Crippen LogP contribution in [0, 0.1) is 0 Å². The highest BCUT2D eigenvalue weighted by Crippen LogP contribution is 2.24. The van der Waals surface area contributed by atoms with Gasteiger partial charge in [0, 0.05) is 17.7 Å². The van der Waals surface area contributed by atoms with Crippen molar-refractivity contribution in [2.45, 2.75) is 26.2 Å². The molecular formula is C16H17N5O. The highest BCUT2D eigenvalue weighted by Gasteiger charge is 2.17. The Labute approximate surface area is 128 Å². The fraction of sp³-hybridized carbons (Fsp3) is 0.250. The monoisotopic (exact) mass is 295 g/mol. The van der Waals surface area contributed by atoms with Crippen LogP contribution in [-0.2, 0) is 5.41 Å². The first-order valence-corrected chi connectivity index (χ1v) is 6.99. The summed E-state index contributed by atoms with van der Waals surface area (Å²) in [6.45, 7) is 6.21. The molecule has 2 aromatic heterocycles. The number of hydrogen-bond donors (Lipinski definition) is 0. The van der Waals surface area contributed by atoms with Crippen LogP contribution in [0.3, 0.4) is 0 Å². The molecule has 0 saturated carbocycles.